The van der Waals surface area contributed by atoms with E-state index in [1.807, 2.05) is 6.07 Å². The predicted octanol–water partition coefficient (Wildman–Crippen LogP) is 3.27. The molecule has 2 aromatic carbocycles. The number of hydrogen-bond donors (Lipinski definition) is 0. The molecule has 4 nitrogen and oxygen atoms in total. The molecule has 0 N–H and O–H groups in total. The highest BCUT2D eigenvalue weighted by Crippen LogP contribution is 2.42. The van der Waals surface area contributed by atoms with Gasteiger partial charge in [0.15, 0.2) is 0 Å². The van der Waals surface area contributed by atoms with Crippen LogP contribution in [0.1, 0.15) is 23.5 Å². The molecule has 21 heavy (non-hydrogen) atoms. The van der Waals surface area contributed by atoms with E-state index in [1.54, 1.807) is 18.2 Å². The second-order valence-electron chi connectivity index (χ2n) is 4.90. The zero-order chi connectivity index (χ0) is 14.4. The fourth-order valence-electron chi connectivity index (χ4n) is 2.72. The number of carbonyl (C=O) groups excluding carboxylic acids is 1. The van der Waals surface area contributed by atoms with Crippen molar-refractivity contribution in [3.63, 3.8) is 0 Å². The molecular weight excluding hydrogens is 291 g/mol. The SMILES string of the molecule is O=C1C[C@@H](c2cccc(F)c2)c2c(ccc3nsnc23)O1. The Morgan fingerprint density at radius 3 is 3.00 bits per heavy atom. The van der Waals surface area contributed by atoms with Crippen molar-refractivity contribution in [1.29, 1.82) is 0 Å². The predicted molar refractivity (Wildman–Crippen MR) is 75.9 cm³/mol. The summed E-state index contributed by atoms with van der Waals surface area (Å²) in [5.74, 6) is -0.416. The van der Waals surface area contributed by atoms with Gasteiger partial charge in [0, 0.05) is 11.5 Å². The minimum Gasteiger partial charge on any atom is -0.426 e. The first-order valence-electron chi connectivity index (χ1n) is 6.43. The molecule has 2 heterocycles. The molecule has 104 valence electrons. The molecule has 4 rings (SSSR count). The van der Waals surface area contributed by atoms with Gasteiger partial charge in [-0.2, -0.15) is 8.75 Å². The quantitative estimate of drug-likeness (QED) is 0.511. The fraction of sp³-hybridized carbons (Fsp3) is 0.133. The number of benzene rings is 2. The summed E-state index contributed by atoms with van der Waals surface area (Å²) in [4.78, 5) is 11.8. The smallest absolute Gasteiger partial charge is 0.312 e. The Balaban J connectivity index is 1.97. The lowest BCUT2D eigenvalue weighted by molar-refractivity contribution is -0.135. The van der Waals surface area contributed by atoms with Crippen molar-refractivity contribution in [2.24, 2.45) is 0 Å². The number of aromatic nitrogens is 2. The third kappa shape index (κ3) is 1.99. The summed E-state index contributed by atoms with van der Waals surface area (Å²) < 4.78 is 27.3. The average molecular weight is 300 g/mol. The van der Waals surface area contributed by atoms with E-state index in [-0.39, 0.29) is 24.1 Å². The first-order chi connectivity index (χ1) is 10.2. The monoisotopic (exact) mass is 300 g/mol. The van der Waals surface area contributed by atoms with Gasteiger partial charge in [0.1, 0.15) is 22.6 Å². The summed E-state index contributed by atoms with van der Waals surface area (Å²) in [5.41, 5.74) is 3.04. The second kappa shape index (κ2) is 4.60. The molecule has 0 radical (unpaired) electrons. The Hall–Kier alpha value is -2.34. The van der Waals surface area contributed by atoms with Gasteiger partial charge >= 0.3 is 5.97 Å². The van der Waals surface area contributed by atoms with E-state index in [0.29, 0.717) is 5.75 Å². The number of nitrogens with zero attached hydrogens (tertiary/aromatic N) is 2. The molecule has 0 saturated heterocycles. The van der Waals surface area contributed by atoms with Crippen molar-refractivity contribution in [1.82, 2.24) is 8.75 Å². The van der Waals surface area contributed by atoms with Crippen molar-refractivity contribution in [3.8, 4) is 5.75 Å². The molecule has 1 aliphatic rings. The van der Waals surface area contributed by atoms with Crippen LogP contribution in [0.2, 0.25) is 0 Å². The van der Waals surface area contributed by atoms with Crippen molar-refractivity contribution in [3.05, 3.63) is 53.3 Å². The van der Waals surface area contributed by atoms with Crippen molar-refractivity contribution in [2.75, 3.05) is 0 Å². The van der Waals surface area contributed by atoms with Crippen LogP contribution in [0, 0.1) is 5.82 Å². The molecule has 6 heteroatoms. The van der Waals surface area contributed by atoms with E-state index in [1.165, 1.54) is 12.1 Å². The normalized spacial score (nSPS) is 17.6. The summed E-state index contributed by atoms with van der Waals surface area (Å²) in [6.07, 6.45) is 0.174. The van der Waals surface area contributed by atoms with Gasteiger partial charge in [-0.25, -0.2) is 4.39 Å². The molecule has 0 fully saturated rings. The number of rotatable bonds is 1. The van der Waals surface area contributed by atoms with Crippen LogP contribution in [0.5, 0.6) is 5.75 Å². The molecule has 1 atom stereocenters. The fourth-order valence-corrected chi connectivity index (χ4v) is 3.27. The highest BCUT2D eigenvalue weighted by molar-refractivity contribution is 7.00. The average Bonchev–Trinajstić information content (AvgIpc) is 2.94. The van der Waals surface area contributed by atoms with E-state index in [2.05, 4.69) is 8.75 Å². The van der Waals surface area contributed by atoms with Gasteiger partial charge in [-0.1, -0.05) is 12.1 Å². The summed E-state index contributed by atoms with van der Waals surface area (Å²) in [5, 5.41) is 0. The topological polar surface area (TPSA) is 52.1 Å². The third-order valence-electron chi connectivity index (χ3n) is 3.62. The van der Waals surface area contributed by atoms with Gasteiger partial charge < -0.3 is 4.74 Å². The molecule has 0 bridgehead atoms. The Bertz CT molecular complexity index is 862. The second-order valence-corrected chi connectivity index (χ2v) is 5.42. The highest BCUT2D eigenvalue weighted by atomic mass is 32.1. The Morgan fingerprint density at radius 1 is 1.24 bits per heavy atom. The van der Waals surface area contributed by atoms with Crippen molar-refractivity contribution < 1.29 is 13.9 Å². The number of ether oxygens (including phenoxy) is 1. The summed E-state index contributed by atoms with van der Waals surface area (Å²) in [6, 6.07) is 9.79. The number of fused-ring (bicyclic) bond motifs is 3. The first kappa shape index (κ1) is 12.4. The van der Waals surface area contributed by atoms with E-state index in [9.17, 15) is 9.18 Å². The van der Waals surface area contributed by atoms with Gasteiger partial charge in [-0.05, 0) is 29.8 Å². The van der Waals surface area contributed by atoms with Gasteiger partial charge in [-0.15, -0.1) is 0 Å². The number of carbonyl (C=O) groups is 1. The van der Waals surface area contributed by atoms with E-state index in [0.717, 1.165) is 33.9 Å². The number of esters is 1. The van der Waals surface area contributed by atoms with Crippen LogP contribution < -0.4 is 4.74 Å². The zero-order valence-corrected chi connectivity index (χ0v) is 11.6. The number of hydrogen-bond acceptors (Lipinski definition) is 5. The van der Waals surface area contributed by atoms with E-state index in [4.69, 9.17) is 4.74 Å². The minimum atomic E-state index is -0.323. The van der Waals surface area contributed by atoms with Crippen LogP contribution in [-0.2, 0) is 4.79 Å². The van der Waals surface area contributed by atoms with Crippen molar-refractivity contribution >= 4 is 28.7 Å². The largest absolute Gasteiger partial charge is 0.426 e. The Labute approximate surface area is 123 Å². The summed E-state index contributed by atoms with van der Waals surface area (Å²) >= 11 is 1.11. The standard InChI is InChI=1S/C15H9FN2O2S/c16-9-3-1-2-8(6-9)10-7-13(19)20-12-5-4-11-15(14(10)12)18-21-17-11/h1-6,10H,7H2/t10-/m0/s1. The van der Waals surface area contributed by atoms with Crippen LogP contribution in [0.15, 0.2) is 36.4 Å². The first-order valence-corrected chi connectivity index (χ1v) is 7.17. The molecule has 0 amide bonds. The van der Waals surface area contributed by atoms with Gasteiger partial charge in [0.05, 0.1) is 18.1 Å². The lowest BCUT2D eigenvalue weighted by atomic mass is 9.85. The van der Waals surface area contributed by atoms with Crippen LogP contribution in [0.4, 0.5) is 4.39 Å². The zero-order valence-electron chi connectivity index (χ0n) is 10.7. The molecule has 0 spiro atoms. The van der Waals surface area contributed by atoms with E-state index < -0.39 is 0 Å². The molecule has 1 aliphatic heterocycles. The highest BCUT2D eigenvalue weighted by Gasteiger charge is 2.31. The number of halogens is 1. The summed E-state index contributed by atoms with van der Waals surface area (Å²) in [6.45, 7) is 0. The van der Waals surface area contributed by atoms with Crippen LogP contribution in [0.3, 0.4) is 0 Å². The molecule has 0 saturated carbocycles. The molecule has 1 aromatic heterocycles. The van der Waals surface area contributed by atoms with Gasteiger partial charge in [0.25, 0.3) is 0 Å². The molecular formula is C15H9FN2O2S. The van der Waals surface area contributed by atoms with Crippen LogP contribution >= 0.6 is 11.7 Å². The molecule has 0 aliphatic carbocycles. The van der Waals surface area contributed by atoms with Crippen LogP contribution in [-0.4, -0.2) is 14.7 Å². The maximum Gasteiger partial charge on any atom is 0.312 e. The van der Waals surface area contributed by atoms with Crippen LogP contribution in [0.25, 0.3) is 11.0 Å². The molecule has 0 unspecified atom stereocenters. The minimum absolute atomic E-state index is 0.174. The maximum atomic E-state index is 13.5. The lowest BCUT2D eigenvalue weighted by Crippen LogP contribution is -2.21. The third-order valence-corrected chi connectivity index (χ3v) is 4.16. The van der Waals surface area contributed by atoms with Gasteiger partial charge in [0.2, 0.25) is 0 Å². The maximum absolute atomic E-state index is 13.5. The molecule has 3 aromatic rings. The van der Waals surface area contributed by atoms with Crippen molar-refractivity contribution in [2.45, 2.75) is 12.3 Å². The Morgan fingerprint density at radius 2 is 2.14 bits per heavy atom. The lowest BCUT2D eigenvalue weighted by Gasteiger charge is -2.24. The summed E-state index contributed by atoms with van der Waals surface area (Å²) in [7, 11) is 0. The Kier molecular flexibility index (Phi) is 2.71. The van der Waals surface area contributed by atoms with Gasteiger partial charge in [-0.3, -0.25) is 4.79 Å². The van der Waals surface area contributed by atoms with E-state index >= 15 is 0 Å².